The molecule has 0 fully saturated rings. The highest BCUT2D eigenvalue weighted by Gasteiger charge is 2.14. The van der Waals surface area contributed by atoms with Crippen LogP contribution in [0.5, 0.6) is 0 Å². The highest BCUT2D eigenvalue weighted by molar-refractivity contribution is 7.20. The number of carbonyl (C=O) groups excluding carboxylic acids is 1. The molecule has 21 heavy (non-hydrogen) atoms. The van der Waals surface area contributed by atoms with E-state index in [4.69, 9.17) is 28.3 Å². The van der Waals surface area contributed by atoms with Crippen molar-refractivity contribution in [2.45, 2.75) is 6.42 Å². The third-order valence-electron chi connectivity index (χ3n) is 2.37. The minimum Gasteiger partial charge on any atom is -0.395 e. The van der Waals surface area contributed by atoms with Gasteiger partial charge >= 0.3 is 0 Å². The van der Waals surface area contributed by atoms with Crippen LogP contribution in [0.2, 0.25) is 8.67 Å². The molecule has 0 saturated carbocycles. The fourth-order valence-corrected chi connectivity index (χ4v) is 2.93. The van der Waals surface area contributed by atoms with Gasteiger partial charge in [0.1, 0.15) is 10.2 Å². The first-order chi connectivity index (χ1) is 10.1. The summed E-state index contributed by atoms with van der Waals surface area (Å²) in [4.78, 5) is 16.1. The van der Waals surface area contributed by atoms with Gasteiger partial charge in [-0.2, -0.15) is 0 Å². The van der Waals surface area contributed by atoms with Gasteiger partial charge < -0.3 is 10.4 Å². The van der Waals surface area contributed by atoms with Crippen LogP contribution in [0.25, 0.3) is 0 Å². The summed E-state index contributed by atoms with van der Waals surface area (Å²) < 4.78 is 0.776. The number of aliphatic hydroxyl groups excluding tert-OH is 1. The van der Waals surface area contributed by atoms with E-state index < -0.39 is 0 Å². The molecule has 2 aromatic rings. The minimum absolute atomic E-state index is 0.0130. The van der Waals surface area contributed by atoms with Crippen molar-refractivity contribution in [2.24, 2.45) is 0 Å². The number of halogens is 2. The van der Waals surface area contributed by atoms with Crippen molar-refractivity contribution in [3.63, 3.8) is 0 Å². The highest BCUT2D eigenvalue weighted by Crippen LogP contribution is 2.31. The Kier molecular flexibility index (Phi) is 5.59. The van der Waals surface area contributed by atoms with Crippen LogP contribution in [0.4, 0.5) is 5.82 Å². The maximum atomic E-state index is 12.1. The monoisotopic (exact) mass is 340 g/mol. The SMILES string of the molecule is O=C(Nc1cc(C#CCCO)ccn1)c1cc(Cl)sc1Cl. The first-order valence-corrected chi connectivity index (χ1v) is 7.49. The van der Waals surface area contributed by atoms with E-state index in [0.29, 0.717) is 32.0 Å². The first kappa shape index (κ1) is 15.8. The van der Waals surface area contributed by atoms with E-state index >= 15 is 0 Å². The summed E-state index contributed by atoms with van der Waals surface area (Å²) in [6, 6.07) is 4.87. The Labute approximate surface area is 135 Å². The Morgan fingerprint density at radius 1 is 1.43 bits per heavy atom. The predicted molar refractivity (Wildman–Crippen MR) is 85.1 cm³/mol. The molecule has 108 valence electrons. The lowest BCUT2D eigenvalue weighted by Gasteiger charge is -2.03. The summed E-state index contributed by atoms with van der Waals surface area (Å²) in [5, 5.41) is 11.3. The van der Waals surface area contributed by atoms with Gasteiger partial charge in [0.05, 0.1) is 16.5 Å². The zero-order valence-electron chi connectivity index (χ0n) is 10.7. The number of hydrogen-bond acceptors (Lipinski definition) is 4. The molecule has 0 atom stereocenters. The van der Waals surface area contributed by atoms with Gasteiger partial charge in [-0.25, -0.2) is 4.98 Å². The van der Waals surface area contributed by atoms with Crippen molar-refractivity contribution in [2.75, 3.05) is 11.9 Å². The van der Waals surface area contributed by atoms with Crippen LogP contribution < -0.4 is 5.32 Å². The summed E-state index contributed by atoms with van der Waals surface area (Å²) in [6.07, 6.45) is 1.94. The summed E-state index contributed by atoms with van der Waals surface area (Å²) in [5.74, 6) is 5.66. The van der Waals surface area contributed by atoms with Gasteiger partial charge in [0.2, 0.25) is 0 Å². The molecule has 1 amide bonds. The summed E-state index contributed by atoms with van der Waals surface area (Å²) in [6.45, 7) is 0.0130. The Bertz CT molecular complexity index is 719. The van der Waals surface area contributed by atoms with E-state index in [2.05, 4.69) is 22.1 Å². The number of hydrogen-bond donors (Lipinski definition) is 2. The fraction of sp³-hybridized carbons (Fsp3) is 0.143. The Morgan fingerprint density at radius 2 is 2.24 bits per heavy atom. The van der Waals surface area contributed by atoms with Gasteiger partial charge in [-0.1, -0.05) is 35.0 Å². The smallest absolute Gasteiger partial charge is 0.259 e. The van der Waals surface area contributed by atoms with Gasteiger partial charge in [-0.3, -0.25) is 4.79 Å². The van der Waals surface area contributed by atoms with E-state index in [0.717, 1.165) is 11.3 Å². The topological polar surface area (TPSA) is 62.2 Å². The minimum atomic E-state index is -0.379. The average Bonchev–Trinajstić information content (AvgIpc) is 2.78. The second kappa shape index (κ2) is 7.43. The van der Waals surface area contributed by atoms with Crippen molar-refractivity contribution < 1.29 is 9.90 Å². The fourth-order valence-electron chi connectivity index (χ4n) is 1.48. The molecule has 0 saturated heterocycles. The quantitative estimate of drug-likeness (QED) is 0.841. The molecule has 0 aliphatic rings. The van der Waals surface area contributed by atoms with Gasteiger partial charge in [-0.05, 0) is 18.2 Å². The normalized spacial score (nSPS) is 9.86. The summed E-state index contributed by atoms with van der Waals surface area (Å²) in [7, 11) is 0. The lowest BCUT2D eigenvalue weighted by Crippen LogP contribution is -2.12. The molecule has 0 unspecified atom stereocenters. The third kappa shape index (κ3) is 4.45. The number of rotatable bonds is 3. The molecule has 0 aromatic carbocycles. The molecule has 7 heteroatoms. The van der Waals surface area contributed by atoms with Crippen LogP contribution in [0.1, 0.15) is 22.3 Å². The van der Waals surface area contributed by atoms with Crippen LogP contribution in [0, 0.1) is 11.8 Å². The Balaban J connectivity index is 2.13. The second-order valence-electron chi connectivity index (χ2n) is 3.90. The van der Waals surface area contributed by atoms with Gasteiger partial charge in [-0.15, -0.1) is 11.3 Å². The maximum absolute atomic E-state index is 12.1. The van der Waals surface area contributed by atoms with E-state index in [-0.39, 0.29) is 12.5 Å². The molecule has 2 aromatic heterocycles. The van der Waals surface area contributed by atoms with Crippen LogP contribution in [0.15, 0.2) is 24.4 Å². The molecule has 0 spiro atoms. The lowest BCUT2D eigenvalue weighted by molar-refractivity contribution is 0.102. The number of pyridine rings is 1. The molecule has 2 rings (SSSR count). The van der Waals surface area contributed by atoms with Crippen molar-refractivity contribution in [1.29, 1.82) is 0 Å². The molecule has 2 N–H and O–H groups in total. The van der Waals surface area contributed by atoms with E-state index in [1.807, 2.05) is 0 Å². The van der Waals surface area contributed by atoms with Crippen molar-refractivity contribution in [3.8, 4) is 11.8 Å². The number of amides is 1. The van der Waals surface area contributed by atoms with Gasteiger partial charge in [0, 0.05) is 18.2 Å². The average molecular weight is 341 g/mol. The van der Waals surface area contributed by atoms with Crippen molar-refractivity contribution in [3.05, 3.63) is 44.2 Å². The zero-order chi connectivity index (χ0) is 15.2. The standard InChI is InChI=1S/C14H10Cl2N2O2S/c15-11-8-10(13(16)21-11)14(20)18-12-7-9(4-5-17-12)3-1-2-6-19/h4-5,7-8,19H,2,6H2,(H,17,18,20). The van der Waals surface area contributed by atoms with Crippen LogP contribution in [-0.2, 0) is 0 Å². The highest BCUT2D eigenvalue weighted by atomic mass is 35.5. The Hall–Kier alpha value is -1.58. The summed E-state index contributed by atoms with van der Waals surface area (Å²) in [5.41, 5.74) is 1.01. The number of nitrogens with one attached hydrogen (secondary N) is 1. The number of thiophene rings is 1. The van der Waals surface area contributed by atoms with Gasteiger partial charge in [0.25, 0.3) is 5.91 Å². The zero-order valence-corrected chi connectivity index (χ0v) is 13.0. The van der Waals surface area contributed by atoms with Crippen LogP contribution in [0.3, 0.4) is 0 Å². The predicted octanol–water partition coefficient (Wildman–Crippen LogP) is 3.44. The molecule has 0 aliphatic heterocycles. The molecular weight excluding hydrogens is 331 g/mol. The van der Waals surface area contributed by atoms with Gasteiger partial charge in [0.15, 0.2) is 0 Å². The summed E-state index contributed by atoms with van der Waals surface area (Å²) >= 11 is 12.9. The van der Waals surface area contributed by atoms with Crippen LogP contribution in [-0.4, -0.2) is 22.6 Å². The van der Waals surface area contributed by atoms with E-state index in [1.165, 1.54) is 6.07 Å². The number of aliphatic hydroxyl groups is 1. The second-order valence-corrected chi connectivity index (χ2v) is 6.18. The molecular formula is C14H10Cl2N2O2S. The van der Waals surface area contributed by atoms with E-state index in [1.54, 1.807) is 18.3 Å². The molecule has 0 bridgehead atoms. The molecule has 4 nitrogen and oxygen atoms in total. The number of carbonyl (C=O) groups is 1. The molecule has 0 aliphatic carbocycles. The Morgan fingerprint density at radius 3 is 2.90 bits per heavy atom. The first-order valence-electron chi connectivity index (χ1n) is 5.92. The maximum Gasteiger partial charge on any atom is 0.259 e. The number of anilines is 1. The molecule has 0 radical (unpaired) electrons. The lowest BCUT2D eigenvalue weighted by atomic mass is 10.2. The van der Waals surface area contributed by atoms with Crippen molar-refractivity contribution in [1.82, 2.24) is 4.98 Å². The largest absolute Gasteiger partial charge is 0.395 e. The number of nitrogens with zero attached hydrogens (tertiary/aromatic N) is 1. The third-order valence-corrected chi connectivity index (χ3v) is 3.86. The van der Waals surface area contributed by atoms with Crippen molar-refractivity contribution >= 4 is 46.3 Å². The number of aromatic nitrogens is 1. The van der Waals surface area contributed by atoms with Crippen LogP contribution >= 0.6 is 34.5 Å². The van der Waals surface area contributed by atoms with E-state index in [9.17, 15) is 4.79 Å². The molecule has 2 heterocycles.